The van der Waals surface area contributed by atoms with Gasteiger partial charge in [-0.2, -0.15) is 5.10 Å². The molecule has 4 rings (SSSR count). The van der Waals surface area contributed by atoms with Crippen molar-refractivity contribution in [2.45, 2.75) is 45.8 Å². The first kappa shape index (κ1) is 25.9. The first-order chi connectivity index (χ1) is 17.3. The molecule has 2 aromatic heterocycles. The molecule has 1 saturated heterocycles. The Morgan fingerprint density at radius 3 is 2.92 bits per heavy atom. The van der Waals surface area contributed by atoms with Gasteiger partial charge >= 0.3 is 6.03 Å². The van der Waals surface area contributed by atoms with Gasteiger partial charge < -0.3 is 30.0 Å². The number of fused-ring (bicyclic) bond motifs is 1. The molecule has 1 aliphatic rings. The summed E-state index contributed by atoms with van der Waals surface area (Å²) in [6.07, 6.45) is 5.22. The number of nitrogens with one attached hydrogen (secondary N) is 3. The van der Waals surface area contributed by atoms with Crippen LogP contribution in [0.3, 0.4) is 0 Å². The van der Waals surface area contributed by atoms with Crippen molar-refractivity contribution in [2.24, 2.45) is 5.92 Å². The molecule has 1 aromatic carbocycles. The number of halogens is 1. The third-order valence-corrected chi connectivity index (χ3v) is 5.87. The molecule has 10 nitrogen and oxygen atoms in total. The first-order valence-corrected chi connectivity index (χ1v) is 12.5. The molecule has 2 amide bonds. The van der Waals surface area contributed by atoms with E-state index in [4.69, 9.17) is 14.6 Å². The van der Waals surface area contributed by atoms with Crippen LogP contribution in [0.1, 0.15) is 45.8 Å². The van der Waals surface area contributed by atoms with Crippen LogP contribution in [-0.4, -0.2) is 71.1 Å². The van der Waals surface area contributed by atoms with Gasteiger partial charge in [0.1, 0.15) is 6.23 Å². The topological polar surface area (TPSA) is 109 Å². The molecule has 0 aliphatic carbocycles. The Kier molecular flexibility index (Phi) is 8.42. The number of amides is 2. The van der Waals surface area contributed by atoms with Crippen molar-refractivity contribution in [3.8, 4) is 17.3 Å². The summed E-state index contributed by atoms with van der Waals surface area (Å²) in [5.74, 6) is 0.433. The van der Waals surface area contributed by atoms with E-state index in [1.165, 1.54) is 6.07 Å². The maximum absolute atomic E-state index is 14.7. The molecular weight excluding hydrogens is 465 g/mol. The summed E-state index contributed by atoms with van der Waals surface area (Å²) in [6.45, 7) is 6.52. The van der Waals surface area contributed by atoms with Gasteiger partial charge in [-0.1, -0.05) is 13.8 Å². The zero-order chi connectivity index (χ0) is 25.7. The number of hydrogen-bond donors (Lipinski definition) is 3. The minimum absolute atomic E-state index is 0.170. The average molecular weight is 502 g/mol. The molecule has 36 heavy (non-hydrogen) atoms. The fourth-order valence-corrected chi connectivity index (χ4v) is 4.00. The fraction of sp³-hybridized carbons (Fsp3) is 0.560. The Morgan fingerprint density at radius 1 is 1.36 bits per heavy atom. The molecule has 0 saturated carbocycles. The van der Waals surface area contributed by atoms with E-state index in [0.29, 0.717) is 53.9 Å². The summed E-state index contributed by atoms with van der Waals surface area (Å²) in [5, 5.41) is 10.4. The maximum atomic E-state index is 14.7. The van der Waals surface area contributed by atoms with Crippen LogP contribution in [0.25, 0.3) is 22.6 Å². The van der Waals surface area contributed by atoms with E-state index in [0.717, 1.165) is 32.2 Å². The lowest BCUT2D eigenvalue weighted by atomic mass is 10.2. The highest BCUT2D eigenvalue weighted by atomic mass is 19.1. The lowest BCUT2D eigenvalue weighted by Gasteiger charge is -2.22. The summed E-state index contributed by atoms with van der Waals surface area (Å²) in [4.78, 5) is 22.3. The number of H-pyrrole nitrogens is 1. The quantitative estimate of drug-likeness (QED) is 0.356. The minimum atomic E-state index is -0.474. The minimum Gasteiger partial charge on any atom is -0.490 e. The third-order valence-electron chi connectivity index (χ3n) is 5.87. The Labute approximate surface area is 210 Å². The molecular formula is C25H36FN7O3. The summed E-state index contributed by atoms with van der Waals surface area (Å²) in [5.41, 5.74) is 2.01. The molecule has 3 aromatic rings. The third kappa shape index (κ3) is 6.52. The van der Waals surface area contributed by atoms with Gasteiger partial charge in [-0.05, 0) is 45.7 Å². The number of ether oxygens (including phenoxy) is 2. The van der Waals surface area contributed by atoms with Crippen molar-refractivity contribution in [1.29, 1.82) is 0 Å². The smallest absolute Gasteiger partial charge is 0.319 e. The number of nitrogens with zero attached hydrogens (tertiary/aromatic N) is 4. The van der Waals surface area contributed by atoms with Gasteiger partial charge in [0.15, 0.2) is 23.1 Å². The molecule has 3 heterocycles. The summed E-state index contributed by atoms with van der Waals surface area (Å²) in [7, 11) is 3.97. The number of urea groups is 1. The van der Waals surface area contributed by atoms with Crippen molar-refractivity contribution in [1.82, 2.24) is 30.0 Å². The Bertz CT molecular complexity index is 1170. The van der Waals surface area contributed by atoms with E-state index < -0.39 is 5.82 Å². The number of anilines is 1. The summed E-state index contributed by atoms with van der Waals surface area (Å²) in [6, 6.07) is 2.63. The Balaban J connectivity index is 1.60. The van der Waals surface area contributed by atoms with Gasteiger partial charge in [-0.3, -0.25) is 0 Å². The van der Waals surface area contributed by atoms with Crippen molar-refractivity contribution >= 4 is 22.8 Å². The van der Waals surface area contributed by atoms with Gasteiger partial charge in [0.25, 0.3) is 0 Å². The molecule has 1 unspecified atom stereocenters. The Morgan fingerprint density at radius 2 is 2.19 bits per heavy atom. The number of carbonyl (C=O) groups excluding carboxylic acids is 1. The van der Waals surface area contributed by atoms with Crippen molar-refractivity contribution in [3.05, 3.63) is 24.1 Å². The maximum Gasteiger partial charge on any atom is 0.319 e. The molecule has 1 fully saturated rings. The monoisotopic (exact) mass is 501 g/mol. The van der Waals surface area contributed by atoms with E-state index in [-0.39, 0.29) is 18.0 Å². The molecule has 0 bridgehead atoms. The average Bonchev–Trinajstić information content (AvgIpc) is 3.44. The number of rotatable bonds is 10. The van der Waals surface area contributed by atoms with Gasteiger partial charge in [0.05, 0.1) is 29.5 Å². The van der Waals surface area contributed by atoms with Crippen LogP contribution < -0.4 is 15.4 Å². The highest BCUT2D eigenvalue weighted by Crippen LogP contribution is 2.32. The van der Waals surface area contributed by atoms with Gasteiger partial charge in [-0.15, -0.1) is 0 Å². The SMILES string of the molecule is CC(C)CNC(=O)Nc1cn(C2CCCCO2)nc1-c1nc2cc(F)c(OCCCN(C)C)cc2[nH]1. The number of imidazole rings is 1. The molecule has 196 valence electrons. The van der Waals surface area contributed by atoms with Gasteiger partial charge in [-0.25, -0.2) is 18.9 Å². The van der Waals surface area contributed by atoms with Crippen LogP contribution in [-0.2, 0) is 4.74 Å². The van der Waals surface area contributed by atoms with E-state index >= 15 is 0 Å². The second-order valence-corrected chi connectivity index (χ2v) is 9.81. The van der Waals surface area contributed by atoms with Gasteiger partial charge in [0.2, 0.25) is 0 Å². The second-order valence-electron chi connectivity index (χ2n) is 9.81. The highest BCUT2D eigenvalue weighted by Gasteiger charge is 2.23. The largest absolute Gasteiger partial charge is 0.490 e. The fourth-order valence-electron chi connectivity index (χ4n) is 4.00. The van der Waals surface area contributed by atoms with E-state index in [2.05, 4.69) is 25.5 Å². The van der Waals surface area contributed by atoms with Crippen LogP contribution in [0.4, 0.5) is 14.9 Å². The summed E-state index contributed by atoms with van der Waals surface area (Å²) < 4.78 is 27.9. The normalized spacial score (nSPS) is 16.1. The van der Waals surface area contributed by atoms with E-state index in [1.54, 1.807) is 16.9 Å². The van der Waals surface area contributed by atoms with Crippen LogP contribution in [0.15, 0.2) is 18.3 Å². The lowest BCUT2D eigenvalue weighted by Crippen LogP contribution is -2.31. The number of benzene rings is 1. The highest BCUT2D eigenvalue weighted by molar-refractivity contribution is 5.93. The predicted octanol–water partition coefficient (Wildman–Crippen LogP) is 4.37. The van der Waals surface area contributed by atoms with E-state index in [1.807, 2.05) is 27.9 Å². The van der Waals surface area contributed by atoms with Gasteiger partial charge in [0, 0.05) is 31.8 Å². The molecule has 3 N–H and O–H groups in total. The van der Waals surface area contributed by atoms with Crippen LogP contribution in [0.2, 0.25) is 0 Å². The molecule has 0 radical (unpaired) electrons. The number of aromatic amines is 1. The lowest BCUT2D eigenvalue weighted by molar-refractivity contribution is -0.0393. The Hall–Kier alpha value is -3.18. The van der Waals surface area contributed by atoms with Crippen LogP contribution >= 0.6 is 0 Å². The summed E-state index contributed by atoms with van der Waals surface area (Å²) >= 11 is 0. The predicted molar refractivity (Wildman–Crippen MR) is 137 cm³/mol. The van der Waals surface area contributed by atoms with E-state index in [9.17, 15) is 9.18 Å². The van der Waals surface area contributed by atoms with Crippen LogP contribution in [0.5, 0.6) is 5.75 Å². The second kappa shape index (κ2) is 11.7. The number of hydrogen-bond acceptors (Lipinski definition) is 6. The number of carbonyl (C=O) groups is 1. The zero-order valence-corrected chi connectivity index (χ0v) is 21.4. The molecule has 0 spiro atoms. The molecule has 11 heteroatoms. The molecule has 1 atom stereocenters. The van der Waals surface area contributed by atoms with Crippen LogP contribution in [0, 0.1) is 11.7 Å². The van der Waals surface area contributed by atoms with Crippen molar-refractivity contribution < 1.29 is 18.7 Å². The van der Waals surface area contributed by atoms with Crippen molar-refractivity contribution in [2.75, 3.05) is 45.7 Å². The van der Waals surface area contributed by atoms with Crippen molar-refractivity contribution in [3.63, 3.8) is 0 Å². The number of aromatic nitrogens is 4. The standard InChI is InChI=1S/C25H36FN7O3/c1-16(2)14-27-25(34)30-20-15-33(22-8-5-6-10-36-22)31-23(20)24-28-18-12-17(26)21(13-19(18)29-24)35-11-7-9-32(3)4/h12-13,15-16,22H,5-11,14H2,1-4H3,(H,28,29)(H2,27,30,34). The molecule has 1 aliphatic heterocycles. The zero-order valence-electron chi connectivity index (χ0n) is 21.4. The first-order valence-electron chi connectivity index (χ1n) is 12.5.